The van der Waals surface area contributed by atoms with Gasteiger partial charge in [-0.2, -0.15) is 0 Å². The smallest absolute Gasteiger partial charge is 0.407 e. The van der Waals surface area contributed by atoms with Crippen molar-refractivity contribution in [2.75, 3.05) is 46.1 Å². The van der Waals surface area contributed by atoms with Crippen LogP contribution in [0.2, 0.25) is 0 Å². The Balaban J connectivity index is 1.56. The van der Waals surface area contributed by atoms with Crippen LogP contribution in [0.4, 0.5) is 4.79 Å². The number of pyridine rings is 1. The summed E-state index contributed by atoms with van der Waals surface area (Å²) >= 11 is 0. The average Bonchev–Trinajstić information content (AvgIpc) is 2.84. The van der Waals surface area contributed by atoms with Gasteiger partial charge >= 0.3 is 12.1 Å². The molecule has 0 fully saturated rings. The number of hydrogen-bond acceptors (Lipinski definition) is 8. The number of carbonyl (C=O) groups is 3. The van der Waals surface area contributed by atoms with Gasteiger partial charge in [0.2, 0.25) is 0 Å². The fourth-order valence-electron chi connectivity index (χ4n) is 3.46. The number of hydrogen-bond donors (Lipinski definition) is 2. The number of esters is 1. The van der Waals surface area contributed by atoms with Crippen molar-refractivity contribution >= 4 is 23.5 Å². The summed E-state index contributed by atoms with van der Waals surface area (Å²) in [7, 11) is 0. The molecule has 36 heavy (non-hydrogen) atoms. The Hall–Kier alpha value is -2.98. The van der Waals surface area contributed by atoms with Gasteiger partial charge in [-0.15, -0.1) is 0 Å². The minimum atomic E-state index is -0.529. The second-order valence-corrected chi connectivity index (χ2v) is 9.29. The third-order valence-electron chi connectivity index (χ3n) is 5.20. The van der Waals surface area contributed by atoms with E-state index in [2.05, 4.69) is 15.6 Å². The minimum absolute atomic E-state index is 0.0892. The maximum atomic E-state index is 12.3. The molecule has 2 amide bonds. The molecule has 0 radical (unpaired) electrons. The Morgan fingerprint density at radius 2 is 1.72 bits per heavy atom. The van der Waals surface area contributed by atoms with Crippen LogP contribution in [-0.4, -0.2) is 74.7 Å². The molecule has 0 saturated carbocycles. The van der Waals surface area contributed by atoms with E-state index < -0.39 is 11.7 Å². The quantitative estimate of drug-likeness (QED) is 0.309. The van der Waals surface area contributed by atoms with Gasteiger partial charge in [-0.3, -0.25) is 14.6 Å². The number of alkyl carbamates (subject to hydrolysis) is 1. The number of ether oxygens (including phenoxy) is 4. The van der Waals surface area contributed by atoms with Gasteiger partial charge in [-0.1, -0.05) is 6.08 Å². The highest BCUT2D eigenvalue weighted by Gasteiger charge is 2.23. The van der Waals surface area contributed by atoms with Crippen molar-refractivity contribution in [1.82, 2.24) is 15.6 Å². The zero-order valence-corrected chi connectivity index (χ0v) is 21.8. The predicted molar refractivity (Wildman–Crippen MR) is 134 cm³/mol. The lowest BCUT2D eigenvalue weighted by Gasteiger charge is -2.20. The number of rotatable bonds is 13. The summed E-state index contributed by atoms with van der Waals surface area (Å²) in [6, 6.07) is 3.58. The number of allylic oxidation sites excluding steroid dienone is 2. The first-order chi connectivity index (χ1) is 17.2. The molecule has 1 aromatic heterocycles. The van der Waals surface area contributed by atoms with E-state index in [0.29, 0.717) is 58.1 Å². The lowest BCUT2D eigenvalue weighted by Crippen LogP contribution is -2.34. The number of nitrogens with zero attached hydrogens (tertiary/aromatic N) is 1. The molecule has 1 unspecified atom stereocenters. The van der Waals surface area contributed by atoms with E-state index in [1.165, 1.54) is 0 Å². The topological polar surface area (TPSA) is 125 Å². The SMILES string of the molecule is CCOC(=O)C1CC=C(c2ccc(C(=O)NCCOCCOCCNC(=O)OC(C)(C)C)cn2)CC1. The van der Waals surface area contributed by atoms with Crippen molar-refractivity contribution < 1.29 is 33.3 Å². The summed E-state index contributed by atoms with van der Waals surface area (Å²) in [6.45, 7) is 9.79. The van der Waals surface area contributed by atoms with Gasteiger partial charge in [0.05, 0.1) is 50.2 Å². The van der Waals surface area contributed by atoms with E-state index in [4.69, 9.17) is 18.9 Å². The van der Waals surface area contributed by atoms with Crippen LogP contribution in [0.3, 0.4) is 0 Å². The molecule has 2 N–H and O–H groups in total. The van der Waals surface area contributed by atoms with E-state index in [1.54, 1.807) is 33.0 Å². The zero-order valence-electron chi connectivity index (χ0n) is 21.8. The average molecular weight is 506 g/mol. The number of amides is 2. The molecule has 0 bridgehead atoms. The van der Waals surface area contributed by atoms with Crippen LogP contribution in [0.25, 0.3) is 5.57 Å². The summed E-state index contributed by atoms with van der Waals surface area (Å²) in [4.78, 5) is 40.1. The van der Waals surface area contributed by atoms with Crippen molar-refractivity contribution in [3.05, 3.63) is 35.7 Å². The molecule has 1 heterocycles. The first kappa shape index (κ1) is 29.3. The third-order valence-corrected chi connectivity index (χ3v) is 5.20. The maximum absolute atomic E-state index is 12.3. The number of nitrogens with one attached hydrogen (secondary N) is 2. The molecule has 0 aromatic carbocycles. The van der Waals surface area contributed by atoms with Crippen molar-refractivity contribution in [1.29, 1.82) is 0 Å². The van der Waals surface area contributed by atoms with Gasteiger partial charge in [-0.05, 0) is 64.7 Å². The summed E-state index contributed by atoms with van der Waals surface area (Å²) < 4.78 is 21.1. The normalized spacial score (nSPS) is 15.6. The fraction of sp³-hybridized carbons (Fsp3) is 0.615. The van der Waals surface area contributed by atoms with E-state index >= 15 is 0 Å². The number of aromatic nitrogens is 1. The van der Waals surface area contributed by atoms with Crippen LogP contribution in [0, 0.1) is 5.92 Å². The van der Waals surface area contributed by atoms with Gasteiger partial charge in [0.15, 0.2) is 0 Å². The molecule has 1 aliphatic carbocycles. The Kier molecular flexibility index (Phi) is 12.4. The molecule has 200 valence electrons. The van der Waals surface area contributed by atoms with Crippen molar-refractivity contribution in [3.8, 4) is 0 Å². The molecule has 10 nitrogen and oxygen atoms in total. The van der Waals surface area contributed by atoms with Gasteiger partial charge in [0.1, 0.15) is 5.60 Å². The van der Waals surface area contributed by atoms with Gasteiger partial charge in [-0.25, -0.2) is 4.79 Å². The van der Waals surface area contributed by atoms with Gasteiger partial charge in [0, 0.05) is 19.3 Å². The molecule has 0 aliphatic heterocycles. The van der Waals surface area contributed by atoms with Crippen LogP contribution in [-0.2, 0) is 23.7 Å². The second-order valence-electron chi connectivity index (χ2n) is 9.29. The molecule has 2 rings (SSSR count). The summed E-state index contributed by atoms with van der Waals surface area (Å²) in [5.74, 6) is -0.451. The monoisotopic (exact) mass is 505 g/mol. The largest absolute Gasteiger partial charge is 0.466 e. The summed E-state index contributed by atoms with van der Waals surface area (Å²) in [5.41, 5.74) is 1.84. The molecule has 1 atom stereocenters. The highest BCUT2D eigenvalue weighted by atomic mass is 16.6. The molecular formula is C26H39N3O7. The fourth-order valence-corrected chi connectivity index (χ4v) is 3.46. The highest BCUT2D eigenvalue weighted by molar-refractivity contribution is 5.94. The van der Waals surface area contributed by atoms with Crippen molar-refractivity contribution in [2.24, 2.45) is 5.92 Å². The van der Waals surface area contributed by atoms with Crippen LogP contribution in [0.5, 0.6) is 0 Å². The molecule has 1 aromatic rings. The Labute approximate surface area is 213 Å². The number of carbonyl (C=O) groups excluding carboxylic acids is 3. The summed E-state index contributed by atoms with van der Waals surface area (Å²) in [5, 5.41) is 5.41. The lowest BCUT2D eigenvalue weighted by molar-refractivity contribution is -0.148. The van der Waals surface area contributed by atoms with E-state index in [1.807, 2.05) is 19.1 Å². The lowest BCUT2D eigenvalue weighted by atomic mass is 9.88. The van der Waals surface area contributed by atoms with E-state index in [0.717, 1.165) is 24.1 Å². The predicted octanol–water partition coefficient (Wildman–Crippen LogP) is 3.12. The van der Waals surface area contributed by atoms with Crippen LogP contribution in [0.1, 0.15) is 63.0 Å². The standard InChI is InChI=1S/C26H39N3O7/c1-5-35-24(31)20-8-6-19(7-9-20)22-11-10-21(18-29-22)23(30)27-12-14-33-16-17-34-15-13-28-25(32)36-26(2,3)4/h6,10-11,18,20H,5,7-9,12-17H2,1-4H3,(H,27,30)(H,28,32). The zero-order chi connectivity index (χ0) is 26.4. The van der Waals surface area contributed by atoms with Crippen LogP contribution in [0.15, 0.2) is 24.4 Å². The minimum Gasteiger partial charge on any atom is -0.466 e. The highest BCUT2D eigenvalue weighted by Crippen LogP contribution is 2.30. The molecule has 10 heteroatoms. The molecule has 0 spiro atoms. The first-order valence-corrected chi connectivity index (χ1v) is 12.4. The van der Waals surface area contributed by atoms with Crippen molar-refractivity contribution in [2.45, 2.75) is 52.6 Å². The van der Waals surface area contributed by atoms with Crippen LogP contribution >= 0.6 is 0 Å². The third kappa shape index (κ3) is 11.2. The van der Waals surface area contributed by atoms with Crippen molar-refractivity contribution in [3.63, 3.8) is 0 Å². The second kappa shape index (κ2) is 15.2. The Morgan fingerprint density at radius 1 is 1.03 bits per heavy atom. The molecular weight excluding hydrogens is 466 g/mol. The van der Waals surface area contributed by atoms with E-state index in [-0.39, 0.29) is 17.8 Å². The molecule has 0 saturated heterocycles. The summed E-state index contributed by atoms with van der Waals surface area (Å²) in [6.07, 6.45) is 5.25. The Morgan fingerprint density at radius 3 is 2.28 bits per heavy atom. The molecule has 1 aliphatic rings. The first-order valence-electron chi connectivity index (χ1n) is 12.4. The van der Waals surface area contributed by atoms with Gasteiger partial charge < -0.3 is 29.6 Å². The maximum Gasteiger partial charge on any atom is 0.407 e. The van der Waals surface area contributed by atoms with Gasteiger partial charge in [0.25, 0.3) is 5.91 Å². The Bertz CT molecular complexity index is 879. The van der Waals surface area contributed by atoms with Crippen LogP contribution < -0.4 is 10.6 Å². The van der Waals surface area contributed by atoms with E-state index in [9.17, 15) is 14.4 Å².